The molecule has 1 heterocycles. The minimum atomic E-state index is -2.96. The number of aromatic nitrogens is 2. The molecule has 0 amide bonds. The van der Waals surface area contributed by atoms with Crippen molar-refractivity contribution in [3.8, 4) is 0 Å². The fourth-order valence-electron chi connectivity index (χ4n) is 0.959. The number of hydrogen-bond acceptors (Lipinski definition) is 4. The van der Waals surface area contributed by atoms with Crippen LogP contribution in [0.1, 0.15) is 5.82 Å². The summed E-state index contributed by atoms with van der Waals surface area (Å²) in [4.78, 5) is 3.85. The lowest BCUT2D eigenvalue weighted by Crippen LogP contribution is -2.12. The summed E-state index contributed by atoms with van der Waals surface area (Å²) < 4.78 is 23.3. The minimum absolute atomic E-state index is 0.0658. The maximum atomic E-state index is 10.8. The van der Waals surface area contributed by atoms with Crippen LogP contribution in [0.3, 0.4) is 0 Å². The summed E-state index contributed by atoms with van der Waals surface area (Å²) in [6.45, 7) is 0.172. The Labute approximate surface area is 76.9 Å². The van der Waals surface area contributed by atoms with Crippen molar-refractivity contribution in [1.82, 2.24) is 9.55 Å². The van der Waals surface area contributed by atoms with Gasteiger partial charge in [-0.1, -0.05) is 0 Å². The lowest BCUT2D eigenvalue weighted by molar-refractivity contribution is 0.265. The quantitative estimate of drug-likeness (QED) is 0.712. The molecule has 0 saturated heterocycles. The highest BCUT2D eigenvalue weighted by molar-refractivity contribution is 7.90. The van der Waals surface area contributed by atoms with E-state index >= 15 is 0 Å². The molecule has 0 aliphatic carbocycles. The number of aliphatic hydroxyl groups is 1. The fourth-order valence-corrected chi connectivity index (χ4v) is 1.49. The van der Waals surface area contributed by atoms with E-state index in [-0.39, 0.29) is 12.4 Å². The highest BCUT2D eigenvalue weighted by Crippen LogP contribution is 1.98. The van der Waals surface area contributed by atoms with E-state index in [4.69, 9.17) is 5.11 Å². The van der Waals surface area contributed by atoms with Gasteiger partial charge in [-0.2, -0.15) is 0 Å². The van der Waals surface area contributed by atoms with E-state index in [1.807, 2.05) is 0 Å². The van der Waals surface area contributed by atoms with Crippen molar-refractivity contribution in [2.75, 3.05) is 12.0 Å². The van der Waals surface area contributed by atoms with Crippen molar-refractivity contribution >= 4 is 9.84 Å². The second-order valence-electron chi connectivity index (χ2n) is 2.82. The fraction of sp³-hybridized carbons (Fsp3) is 0.571. The number of nitrogens with zero attached hydrogens (tertiary/aromatic N) is 2. The molecule has 0 saturated carbocycles. The number of sulfone groups is 1. The molecule has 0 aliphatic heterocycles. The van der Waals surface area contributed by atoms with Crippen LogP contribution in [-0.2, 0) is 23.0 Å². The Morgan fingerprint density at radius 3 is 2.85 bits per heavy atom. The Bertz CT molecular complexity index is 369. The van der Waals surface area contributed by atoms with Crippen LogP contribution in [-0.4, -0.2) is 35.1 Å². The van der Waals surface area contributed by atoms with E-state index in [2.05, 4.69) is 4.98 Å². The van der Waals surface area contributed by atoms with Gasteiger partial charge in [0.1, 0.15) is 22.3 Å². The summed E-state index contributed by atoms with van der Waals surface area (Å²) in [7, 11) is -2.96. The zero-order chi connectivity index (χ0) is 9.90. The topological polar surface area (TPSA) is 72.2 Å². The van der Waals surface area contributed by atoms with Gasteiger partial charge in [-0.15, -0.1) is 0 Å². The van der Waals surface area contributed by atoms with E-state index in [0.29, 0.717) is 12.4 Å². The summed E-state index contributed by atoms with van der Waals surface area (Å²) in [5, 5.41) is 8.80. The van der Waals surface area contributed by atoms with Gasteiger partial charge in [-0.25, -0.2) is 13.4 Å². The molecule has 0 atom stereocenters. The molecular weight excluding hydrogens is 192 g/mol. The first-order chi connectivity index (χ1) is 6.03. The molecule has 6 heteroatoms. The van der Waals surface area contributed by atoms with Crippen LogP contribution in [0.4, 0.5) is 0 Å². The predicted octanol–water partition coefficient (Wildman–Crippen LogP) is -0.580. The number of imidazole rings is 1. The van der Waals surface area contributed by atoms with Crippen molar-refractivity contribution in [1.29, 1.82) is 0 Å². The summed E-state index contributed by atoms with van der Waals surface area (Å²) >= 11 is 0. The third-order valence-electron chi connectivity index (χ3n) is 1.65. The average Bonchev–Trinajstić information content (AvgIpc) is 2.46. The Kier molecular flexibility index (Phi) is 3.05. The lowest BCUT2D eigenvalue weighted by Gasteiger charge is -2.03. The van der Waals surface area contributed by atoms with Crippen molar-refractivity contribution in [3.05, 3.63) is 18.2 Å². The molecule has 0 aliphatic rings. The second kappa shape index (κ2) is 3.89. The van der Waals surface area contributed by atoms with Crippen molar-refractivity contribution in [3.63, 3.8) is 0 Å². The van der Waals surface area contributed by atoms with Gasteiger partial charge in [-0.3, -0.25) is 0 Å². The van der Waals surface area contributed by atoms with Crippen LogP contribution >= 0.6 is 0 Å². The molecule has 1 aromatic heterocycles. The molecule has 1 N–H and O–H groups in total. The Morgan fingerprint density at radius 2 is 2.31 bits per heavy atom. The molecule has 0 bridgehead atoms. The molecule has 1 rings (SSSR count). The van der Waals surface area contributed by atoms with E-state index in [9.17, 15) is 8.42 Å². The maximum absolute atomic E-state index is 10.8. The normalized spacial score (nSPS) is 11.8. The van der Waals surface area contributed by atoms with Gasteiger partial charge >= 0.3 is 0 Å². The average molecular weight is 204 g/mol. The summed E-state index contributed by atoms with van der Waals surface area (Å²) in [6.07, 6.45) is 4.37. The largest absolute Gasteiger partial charge is 0.388 e. The Hall–Kier alpha value is -0.880. The van der Waals surface area contributed by atoms with Gasteiger partial charge in [0.15, 0.2) is 0 Å². The van der Waals surface area contributed by atoms with E-state index in [1.54, 1.807) is 10.8 Å². The van der Waals surface area contributed by atoms with E-state index in [0.717, 1.165) is 0 Å². The smallest absolute Gasteiger partial charge is 0.149 e. The van der Waals surface area contributed by atoms with Crippen LogP contribution in [0.15, 0.2) is 12.4 Å². The van der Waals surface area contributed by atoms with Gasteiger partial charge in [0.05, 0.1) is 5.75 Å². The first-order valence-corrected chi connectivity index (χ1v) is 5.87. The molecule has 0 unspecified atom stereocenters. The van der Waals surface area contributed by atoms with Crippen LogP contribution in [0.5, 0.6) is 0 Å². The number of aryl methyl sites for hydroxylation is 1. The van der Waals surface area contributed by atoms with E-state index < -0.39 is 9.84 Å². The lowest BCUT2D eigenvalue weighted by atomic mass is 10.6. The first kappa shape index (κ1) is 10.2. The molecule has 1 aromatic rings. The second-order valence-corrected chi connectivity index (χ2v) is 5.08. The molecule has 0 spiro atoms. The van der Waals surface area contributed by atoms with Gasteiger partial charge in [0.2, 0.25) is 0 Å². The SMILES string of the molecule is CS(=O)(=O)CCn1ccnc1CO. The zero-order valence-electron chi connectivity index (χ0n) is 7.34. The molecule has 5 nitrogen and oxygen atoms in total. The van der Waals surface area contributed by atoms with Gasteiger partial charge in [0, 0.05) is 25.2 Å². The molecule has 0 aromatic carbocycles. The Morgan fingerprint density at radius 1 is 1.62 bits per heavy atom. The summed E-state index contributed by atoms with van der Waals surface area (Å²) in [5.41, 5.74) is 0. The monoisotopic (exact) mass is 204 g/mol. The predicted molar refractivity (Wildman–Crippen MR) is 47.9 cm³/mol. The van der Waals surface area contributed by atoms with Crippen LogP contribution in [0.2, 0.25) is 0 Å². The number of rotatable bonds is 4. The first-order valence-electron chi connectivity index (χ1n) is 3.81. The van der Waals surface area contributed by atoms with Crippen LogP contribution in [0.25, 0.3) is 0 Å². The molecule has 0 fully saturated rings. The standard InChI is InChI=1S/C7H12N2O3S/c1-13(11,12)5-4-9-3-2-8-7(9)6-10/h2-3,10H,4-6H2,1H3. The maximum Gasteiger partial charge on any atom is 0.149 e. The van der Waals surface area contributed by atoms with Gasteiger partial charge in [0.25, 0.3) is 0 Å². The zero-order valence-corrected chi connectivity index (χ0v) is 8.16. The van der Waals surface area contributed by atoms with Crippen LogP contribution < -0.4 is 0 Å². The third-order valence-corrected chi connectivity index (χ3v) is 2.57. The van der Waals surface area contributed by atoms with Crippen molar-refractivity contribution in [2.45, 2.75) is 13.2 Å². The van der Waals surface area contributed by atoms with Crippen molar-refractivity contribution < 1.29 is 13.5 Å². The van der Waals surface area contributed by atoms with E-state index in [1.165, 1.54) is 12.5 Å². The van der Waals surface area contributed by atoms with Gasteiger partial charge < -0.3 is 9.67 Å². The number of aliphatic hydroxyl groups excluding tert-OH is 1. The van der Waals surface area contributed by atoms with Crippen molar-refractivity contribution in [2.24, 2.45) is 0 Å². The molecule has 0 radical (unpaired) electrons. The molecule has 13 heavy (non-hydrogen) atoms. The third kappa shape index (κ3) is 3.16. The minimum Gasteiger partial charge on any atom is -0.388 e. The number of hydrogen-bond donors (Lipinski definition) is 1. The summed E-state index contributed by atoms with van der Waals surface area (Å²) in [5.74, 6) is 0.555. The molecular formula is C7H12N2O3S. The van der Waals surface area contributed by atoms with Gasteiger partial charge in [-0.05, 0) is 0 Å². The highest BCUT2D eigenvalue weighted by Gasteiger charge is 2.05. The highest BCUT2D eigenvalue weighted by atomic mass is 32.2. The summed E-state index contributed by atoms with van der Waals surface area (Å²) in [6, 6.07) is 0. The Balaban J connectivity index is 2.64. The van der Waals surface area contributed by atoms with Crippen LogP contribution in [0, 0.1) is 0 Å². The molecule has 74 valence electrons.